The van der Waals surface area contributed by atoms with Gasteiger partial charge in [-0.15, -0.1) is 0 Å². The summed E-state index contributed by atoms with van der Waals surface area (Å²) in [6.45, 7) is 1.47. The van der Waals surface area contributed by atoms with Crippen molar-refractivity contribution in [2.24, 2.45) is 0 Å². The van der Waals surface area contributed by atoms with Gasteiger partial charge in [-0.05, 0) is 37.1 Å². The summed E-state index contributed by atoms with van der Waals surface area (Å²) in [5.41, 5.74) is 1.24. The van der Waals surface area contributed by atoms with Crippen molar-refractivity contribution in [1.29, 1.82) is 0 Å². The number of benzene rings is 1. The number of halogens is 1. The van der Waals surface area contributed by atoms with Crippen molar-refractivity contribution in [2.45, 2.75) is 25.4 Å². The number of aromatic nitrogens is 1. The Labute approximate surface area is 116 Å². The van der Waals surface area contributed by atoms with E-state index in [1.165, 1.54) is 12.1 Å². The van der Waals surface area contributed by atoms with E-state index in [-0.39, 0.29) is 18.3 Å². The molecule has 0 unspecified atom stereocenters. The molecule has 2 aromatic rings. The molecular weight excluding hydrogens is 259 g/mol. The third-order valence-corrected chi connectivity index (χ3v) is 3.59. The summed E-state index contributed by atoms with van der Waals surface area (Å²) >= 11 is 0. The first kappa shape index (κ1) is 13.3. The first-order valence-corrected chi connectivity index (χ1v) is 6.77. The first-order chi connectivity index (χ1) is 9.78. The SMILES string of the molecule is OCc1nc(C2CC[N]CC2)oc1-c1ccc(F)cc1. The van der Waals surface area contributed by atoms with E-state index >= 15 is 0 Å². The zero-order valence-corrected chi connectivity index (χ0v) is 11.1. The normalized spacial score (nSPS) is 16.5. The molecule has 20 heavy (non-hydrogen) atoms. The predicted molar refractivity (Wildman–Crippen MR) is 71.7 cm³/mol. The number of rotatable bonds is 3. The summed E-state index contributed by atoms with van der Waals surface area (Å²) in [6, 6.07) is 6.01. The summed E-state index contributed by atoms with van der Waals surface area (Å²) in [7, 11) is 0. The Morgan fingerprint density at radius 3 is 2.55 bits per heavy atom. The topological polar surface area (TPSA) is 60.4 Å². The van der Waals surface area contributed by atoms with Crippen molar-refractivity contribution in [1.82, 2.24) is 10.3 Å². The van der Waals surface area contributed by atoms with Crippen LogP contribution in [0.1, 0.15) is 30.3 Å². The molecular formula is C15H16FN2O2. The Kier molecular flexibility index (Phi) is 3.80. The highest BCUT2D eigenvalue weighted by atomic mass is 19.1. The van der Waals surface area contributed by atoms with Crippen molar-refractivity contribution in [3.8, 4) is 11.3 Å². The quantitative estimate of drug-likeness (QED) is 0.936. The van der Waals surface area contributed by atoms with Gasteiger partial charge in [0.25, 0.3) is 0 Å². The summed E-state index contributed by atoms with van der Waals surface area (Å²) in [4.78, 5) is 4.40. The minimum atomic E-state index is -0.298. The molecule has 0 bridgehead atoms. The highest BCUT2D eigenvalue weighted by Crippen LogP contribution is 2.31. The fraction of sp³-hybridized carbons (Fsp3) is 0.400. The molecule has 2 heterocycles. The summed E-state index contributed by atoms with van der Waals surface area (Å²) < 4.78 is 18.8. The van der Waals surface area contributed by atoms with Gasteiger partial charge in [-0.1, -0.05) is 0 Å². The second-order valence-electron chi connectivity index (χ2n) is 4.94. The van der Waals surface area contributed by atoms with Crippen LogP contribution >= 0.6 is 0 Å². The fourth-order valence-corrected chi connectivity index (χ4v) is 2.48. The van der Waals surface area contributed by atoms with E-state index in [1.54, 1.807) is 12.1 Å². The predicted octanol–water partition coefficient (Wildman–Crippen LogP) is 2.45. The van der Waals surface area contributed by atoms with Crippen molar-refractivity contribution in [3.05, 3.63) is 41.7 Å². The van der Waals surface area contributed by atoms with Crippen LogP contribution in [-0.2, 0) is 6.61 Å². The van der Waals surface area contributed by atoms with Gasteiger partial charge in [0.2, 0.25) is 0 Å². The smallest absolute Gasteiger partial charge is 0.198 e. The summed E-state index contributed by atoms with van der Waals surface area (Å²) in [5, 5.41) is 13.7. The van der Waals surface area contributed by atoms with Crippen molar-refractivity contribution < 1.29 is 13.9 Å². The molecule has 0 aliphatic carbocycles. The van der Waals surface area contributed by atoms with Gasteiger partial charge in [-0.25, -0.2) is 14.7 Å². The maximum Gasteiger partial charge on any atom is 0.198 e. The first-order valence-electron chi connectivity index (χ1n) is 6.77. The van der Waals surface area contributed by atoms with E-state index in [0.29, 0.717) is 17.3 Å². The lowest BCUT2D eigenvalue weighted by atomic mass is 9.98. The van der Waals surface area contributed by atoms with Gasteiger partial charge < -0.3 is 9.52 Å². The van der Waals surface area contributed by atoms with Gasteiger partial charge in [0.15, 0.2) is 11.7 Å². The Bertz CT molecular complexity index is 574. The van der Waals surface area contributed by atoms with E-state index in [2.05, 4.69) is 10.3 Å². The van der Waals surface area contributed by atoms with E-state index in [9.17, 15) is 9.50 Å². The molecule has 4 nitrogen and oxygen atoms in total. The minimum Gasteiger partial charge on any atom is -0.440 e. The van der Waals surface area contributed by atoms with E-state index in [1.807, 2.05) is 0 Å². The average molecular weight is 275 g/mol. The second-order valence-corrected chi connectivity index (χ2v) is 4.94. The van der Waals surface area contributed by atoms with Crippen LogP contribution in [0.15, 0.2) is 28.7 Å². The number of oxazole rings is 1. The molecule has 105 valence electrons. The van der Waals surface area contributed by atoms with Gasteiger partial charge in [0, 0.05) is 24.6 Å². The van der Waals surface area contributed by atoms with Crippen LogP contribution in [0, 0.1) is 5.82 Å². The van der Waals surface area contributed by atoms with Gasteiger partial charge in [0.1, 0.15) is 11.5 Å². The molecule has 0 atom stereocenters. The summed E-state index contributed by atoms with van der Waals surface area (Å²) in [6.07, 6.45) is 1.85. The number of piperidine rings is 1. The Morgan fingerprint density at radius 2 is 1.90 bits per heavy atom. The molecule has 5 heteroatoms. The second kappa shape index (κ2) is 5.73. The molecule has 1 radical (unpaired) electrons. The average Bonchev–Trinajstić information content (AvgIpc) is 2.93. The third kappa shape index (κ3) is 2.59. The highest BCUT2D eigenvalue weighted by molar-refractivity contribution is 5.59. The van der Waals surface area contributed by atoms with Crippen LogP contribution in [0.25, 0.3) is 11.3 Å². The standard InChI is InChI=1S/C15H16FN2O2/c16-12-3-1-10(2-4-12)14-13(9-19)18-15(20-14)11-5-7-17-8-6-11/h1-4,11,19H,5-9H2. The van der Waals surface area contributed by atoms with Crippen molar-refractivity contribution in [2.75, 3.05) is 13.1 Å². The monoisotopic (exact) mass is 275 g/mol. The van der Waals surface area contributed by atoms with E-state index in [0.717, 1.165) is 31.5 Å². The maximum atomic E-state index is 13.0. The maximum absolute atomic E-state index is 13.0. The number of hydrogen-bond acceptors (Lipinski definition) is 3. The zero-order valence-electron chi connectivity index (χ0n) is 11.1. The van der Waals surface area contributed by atoms with Crippen LogP contribution in [0.4, 0.5) is 4.39 Å². The van der Waals surface area contributed by atoms with Crippen LogP contribution in [0.3, 0.4) is 0 Å². The molecule has 0 saturated carbocycles. The van der Waals surface area contributed by atoms with Gasteiger partial charge in [0.05, 0.1) is 6.61 Å². The third-order valence-electron chi connectivity index (χ3n) is 3.59. The van der Waals surface area contributed by atoms with Crippen LogP contribution in [0.5, 0.6) is 0 Å². The molecule has 1 saturated heterocycles. The molecule has 1 aliphatic rings. The lowest BCUT2D eigenvalue weighted by Gasteiger charge is -2.18. The van der Waals surface area contributed by atoms with Crippen molar-refractivity contribution >= 4 is 0 Å². The van der Waals surface area contributed by atoms with Crippen LogP contribution in [0.2, 0.25) is 0 Å². The molecule has 1 aliphatic heterocycles. The molecule has 1 fully saturated rings. The summed E-state index contributed by atoms with van der Waals surface area (Å²) in [5.74, 6) is 1.15. The fourth-order valence-electron chi connectivity index (χ4n) is 2.48. The molecule has 0 spiro atoms. The molecule has 3 rings (SSSR count). The lowest BCUT2D eigenvalue weighted by molar-refractivity contribution is 0.277. The number of aliphatic hydroxyl groups excluding tert-OH is 1. The largest absolute Gasteiger partial charge is 0.440 e. The van der Waals surface area contributed by atoms with Crippen LogP contribution in [-0.4, -0.2) is 23.2 Å². The van der Waals surface area contributed by atoms with Gasteiger partial charge in [-0.2, -0.15) is 0 Å². The van der Waals surface area contributed by atoms with Gasteiger partial charge in [-0.3, -0.25) is 0 Å². The Balaban J connectivity index is 1.93. The number of hydrogen-bond donors (Lipinski definition) is 1. The number of aliphatic hydroxyl groups is 1. The van der Waals surface area contributed by atoms with Gasteiger partial charge >= 0.3 is 0 Å². The Hall–Kier alpha value is -1.72. The Morgan fingerprint density at radius 1 is 1.20 bits per heavy atom. The molecule has 1 aromatic heterocycles. The van der Waals surface area contributed by atoms with E-state index < -0.39 is 0 Å². The van der Waals surface area contributed by atoms with Crippen molar-refractivity contribution in [3.63, 3.8) is 0 Å². The zero-order chi connectivity index (χ0) is 13.9. The highest BCUT2D eigenvalue weighted by Gasteiger charge is 2.23. The van der Waals surface area contributed by atoms with Crippen LogP contribution < -0.4 is 5.32 Å². The molecule has 1 N–H and O–H groups in total. The molecule has 0 amide bonds. The number of nitrogens with zero attached hydrogens (tertiary/aromatic N) is 2. The lowest BCUT2D eigenvalue weighted by Crippen LogP contribution is -2.21. The molecule has 1 aromatic carbocycles. The minimum absolute atomic E-state index is 0.187. The van der Waals surface area contributed by atoms with E-state index in [4.69, 9.17) is 4.42 Å².